The van der Waals surface area contributed by atoms with Crippen LogP contribution < -0.4 is 5.32 Å². The van der Waals surface area contributed by atoms with Gasteiger partial charge in [-0.1, -0.05) is 29.6 Å². The van der Waals surface area contributed by atoms with Crippen LogP contribution >= 0.6 is 23.2 Å². The predicted octanol–water partition coefficient (Wildman–Crippen LogP) is 5.13. The van der Waals surface area contributed by atoms with Gasteiger partial charge in [0.15, 0.2) is 0 Å². The standard InChI is InChI=1S/C14H18Cl2N2/c1-14(2,10-17)7-3-4-8-18-13-9-11(15)5-6-12(13)16/h5-6,9,18H,3-4,7-8H2,1-2H3. The van der Waals surface area contributed by atoms with Gasteiger partial charge < -0.3 is 5.32 Å². The monoisotopic (exact) mass is 284 g/mol. The molecule has 18 heavy (non-hydrogen) atoms. The average molecular weight is 285 g/mol. The van der Waals surface area contributed by atoms with Crippen molar-refractivity contribution in [2.75, 3.05) is 11.9 Å². The zero-order valence-corrected chi connectivity index (χ0v) is 12.3. The number of halogens is 2. The summed E-state index contributed by atoms with van der Waals surface area (Å²) in [7, 11) is 0. The normalized spacial score (nSPS) is 11.1. The molecule has 1 rings (SSSR count). The van der Waals surface area contributed by atoms with Crippen LogP contribution in [0.5, 0.6) is 0 Å². The van der Waals surface area contributed by atoms with E-state index in [-0.39, 0.29) is 5.41 Å². The van der Waals surface area contributed by atoms with Crippen LogP contribution in [0.1, 0.15) is 33.1 Å². The second kappa shape index (κ2) is 6.87. The van der Waals surface area contributed by atoms with E-state index in [1.165, 1.54) is 0 Å². The summed E-state index contributed by atoms with van der Waals surface area (Å²) in [6.07, 6.45) is 2.94. The Morgan fingerprint density at radius 2 is 2.00 bits per heavy atom. The Bertz CT molecular complexity index is 436. The summed E-state index contributed by atoms with van der Waals surface area (Å²) in [5, 5.41) is 13.5. The third-order valence-electron chi connectivity index (χ3n) is 2.78. The summed E-state index contributed by atoms with van der Waals surface area (Å²) in [6, 6.07) is 7.68. The van der Waals surface area contributed by atoms with E-state index in [9.17, 15) is 0 Å². The molecular weight excluding hydrogens is 267 g/mol. The number of unbranched alkanes of at least 4 members (excludes halogenated alkanes) is 1. The van der Waals surface area contributed by atoms with Gasteiger partial charge in [0.2, 0.25) is 0 Å². The van der Waals surface area contributed by atoms with Crippen LogP contribution in [0.3, 0.4) is 0 Å². The molecule has 0 aliphatic carbocycles. The molecule has 0 radical (unpaired) electrons. The van der Waals surface area contributed by atoms with Gasteiger partial charge in [-0.05, 0) is 44.9 Å². The third kappa shape index (κ3) is 5.16. The van der Waals surface area contributed by atoms with Crippen LogP contribution in [-0.4, -0.2) is 6.54 Å². The zero-order valence-electron chi connectivity index (χ0n) is 10.8. The Labute approximate surface area is 119 Å². The summed E-state index contributed by atoms with van der Waals surface area (Å²) in [4.78, 5) is 0. The molecule has 0 amide bonds. The topological polar surface area (TPSA) is 35.8 Å². The molecule has 1 N–H and O–H groups in total. The minimum Gasteiger partial charge on any atom is -0.384 e. The highest BCUT2D eigenvalue weighted by Gasteiger charge is 2.15. The Balaban J connectivity index is 2.30. The smallest absolute Gasteiger partial charge is 0.0683 e. The molecule has 4 heteroatoms. The number of rotatable bonds is 6. The largest absolute Gasteiger partial charge is 0.384 e. The van der Waals surface area contributed by atoms with Crippen molar-refractivity contribution >= 4 is 28.9 Å². The second-order valence-corrected chi connectivity index (χ2v) is 5.85. The van der Waals surface area contributed by atoms with Gasteiger partial charge in [-0.3, -0.25) is 0 Å². The lowest BCUT2D eigenvalue weighted by Crippen LogP contribution is -2.09. The Hall–Kier alpha value is -0.910. The van der Waals surface area contributed by atoms with Gasteiger partial charge in [-0.2, -0.15) is 5.26 Å². The third-order valence-corrected chi connectivity index (χ3v) is 3.34. The minimum atomic E-state index is -0.228. The number of hydrogen-bond acceptors (Lipinski definition) is 2. The first-order chi connectivity index (χ1) is 8.44. The van der Waals surface area contributed by atoms with Crippen LogP contribution in [0.15, 0.2) is 18.2 Å². The lowest BCUT2D eigenvalue weighted by atomic mass is 9.89. The van der Waals surface area contributed by atoms with Crippen LogP contribution in [0.4, 0.5) is 5.69 Å². The van der Waals surface area contributed by atoms with E-state index < -0.39 is 0 Å². The van der Waals surface area contributed by atoms with E-state index >= 15 is 0 Å². The summed E-state index contributed by atoms with van der Waals surface area (Å²) in [6.45, 7) is 4.77. The maximum Gasteiger partial charge on any atom is 0.0683 e. The molecule has 2 nitrogen and oxygen atoms in total. The van der Waals surface area contributed by atoms with E-state index in [1.54, 1.807) is 12.1 Å². The van der Waals surface area contributed by atoms with Crippen molar-refractivity contribution in [3.05, 3.63) is 28.2 Å². The van der Waals surface area contributed by atoms with Gasteiger partial charge in [0.05, 0.1) is 22.2 Å². The molecule has 0 heterocycles. The maximum absolute atomic E-state index is 8.90. The number of nitrogens with zero attached hydrogens (tertiary/aromatic N) is 1. The number of hydrogen-bond donors (Lipinski definition) is 1. The fraction of sp³-hybridized carbons (Fsp3) is 0.500. The van der Waals surface area contributed by atoms with E-state index in [1.807, 2.05) is 19.9 Å². The zero-order chi connectivity index (χ0) is 13.6. The second-order valence-electron chi connectivity index (χ2n) is 5.00. The minimum absolute atomic E-state index is 0.228. The summed E-state index contributed by atoms with van der Waals surface area (Å²) in [5.41, 5.74) is 0.636. The predicted molar refractivity (Wildman–Crippen MR) is 78.2 cm³/mol. The molecule has 98 valence electrons. The van der Waals surface area contributed by atoms with E-state index in [0.29, 0.717) is 10.0 Å². The molecule has 1 aromatic carbocycles. The molecular formula is C14H18Cl2N2. The van der Waals surface area contributed by atoms with Gasteiger partial charge in [0, 0.05) is 11.6 Å². The molecule has 0 saturated heterocycles. The Morgan fingerprint density at radius 3 is 2.67 bits per heavy atom. The number of nitrogens with one attached hydrogen (secondary N) is 1. The quantitative estimate of drug-likeness (QED) is 0.736. The Morgan fingerprint density at radius 1 is 1.28 bits per heavy atom. The molecule has 0 unspecified atom stereocenters. The highest BCUT2D eigenvalue weighted by atomic mass is 35.5. The highest BCUT2D eigenvalue weighted by molar-refractivity contribution is 6.35. The lowest BCUT2D eigenvalue weighted by Gasteiger charge is -2.14. The highest BCUT2D eigenvalue weighted by Crippen LogP contribution is 2.26. The van der Waals surface area contributed by atoms with Crippen molar-refractivity contribution in [3.8, 4) is 6.07 Å². The van der Waals surface area contributed by atoms with Gasteiger partial charge >= 0.3 is 0 Å². The van der Waals surface area contributed by atoms with Crippen molar-refractivity contribution < 1.29 is 0 Å². The van der Waals surface area contributed by atoms with Crippen molar-refractivity contribution in [3.63, 3.8) is 0 Å². The molecule has 0 aliphatic rings. The molecule has 0 spiro atoms. The van der Waals surface area contributed by atoms with Crippen molar-refractivity contribution in [2.45, 2.75) is 33.1 Å². The van der Waals surface area contributed by atoms with Crippen LogP contribution in [-0.2, 0) is 0 Å². The van der Waals surface area contributed by atoms with Crippen molar-refractivity contribution in [1.82, 2.24) is 0 Å². The van der Waals surface area contributed by atoms with E-state index in [4.69, 9.17) is 28.5 Å². The van der Waals surface area contributed by atoms with Gasteiger partial charge in [0.25, 0.3) is 0 Å². The van der Waals surface area contributed by atoms with Crippen molar-refractivity contribution in [2.24, 2.45) is 5.41 Å². The number of nitriles is 1. The summed E-state index contributed by atoms with van der Waals surface area (Å²) in [5.74, 6) is 0. The SMILES string of the molecule is CC(C)(C#N)CCCCNc1cc(Cl)ccc1Cl. The average Bonchev–Trinajstić information content (AvgIpc) is 2.33. The van der Waals surface area contributed by atoms with Crippen molar-refractivity contribution in [1.29, 1.82) is 5.26 Å². The molecule has 0 bridgehead atoms. The van der Waals surface area contributed by atoms with Gasteiger partial charge in [0.1, 0.15) is 0 Å². The van der Waals surface area contributed by atoms with E-state index in [0.717, 1.165) is 31.5 Å². The molecule has 0 fully saturated rings. The van der Waals surface area contributed by atoms with E-state index in [2.05, 4.69) is 11.4 Å². The molecule has 0 saturated carbocycles. The summed E-state index contributed by atoms with van der Waals surface area (Å²) >= 11 is 11.9. The molecule has 0 aromatic heterocycles. The first-order valence-corrected chi connectivity index (χ1v) is 6.80. The molecule has 0 aliphatic heterocycles. The first-order valence-electron chi connectivity index (χ1n) is 6.05. The molecule has 0 atom stereocenters. The van der Waals surface area contributed by atoms with Crippen LogP contribution in [0, 0.1) is 16.7 Å². The van der Waals surface area contributed by atoms with Crippen LogP contribution in [0.2, 0.25) is 10.0 Å². The first kappa shape index (κ1) is 15.1. The van der Waals surface area contributed by atoms with Gasteiger partial charge in [-0.25, -0.2) is 0 Å². The van der Waals surface area contributed by atoms with Gasteiger partial charge in [-0.15, -0.1) is 0 Å². The summed E-state index contributed by atoms with van der Waals surface area (Å²) < 4.78 is 0. The maximum atomic E-state index is 8.90. The number of benzene rings is 1. The Kier molecular flexibility index (Phi) is 5.78. The molecule has 1 aromatic rings. The fourth-order valence-electron chi connectivity index (χ4n) is 1.60. The fourth-order valence-corrected chi connectivity index (χ4v) is 1.96. The van der Waals surface area contributed by atoms with Crippen LogP contribution in [0.25, 0.3) is 0 Å². The number of anilines is 1. The lowest BCUT2D eigenvalue weighted by molar-refractivity contribution is 0.430.